The molecular formula is C30H50O. The lowest BCUT2D eigenvalue weighted by atomic mass is 9.96. The van der Waals surface area contributed by atoms with Crippen molar-refractivity contribution in [2.24, 2.45) is 0 Å². The molecule has 0 spiro atoms. The van der Waals surface area contributed by atoms with E-state index in [4.69, 9.17) is 4.74 Å². The van der Waals surface area contributed by atoms with Gasteiger partial charge in [-0.05, 0) is 120 Å². The Balaban J connectivity index is 2.18. The van der Waals surface area contributed by atoms with E-state index in [0.29, 0.717) is 6.10 Å². The monoisotopic (exact) mass is 426 g/mol. The molecule has 0 amide bonds. The zero-order valence-corrected chi connectivity index (χ0v) is 21.9. The van der Waals surface area contributed by atoms with Gasteiger partial charge in [-0.1, -0.05) is 58.2 Å². The molecule has 1 aliphatic heterocycles. The van der Waals surface area contributed by atoms with Gasteiger partial charge in [0.1, 0.15) is 0 Å². The van der Waals surface area contributed by atoms with Crippen molar-refractivity contribution in [2.45, 2.75) is 131 Å². The molecule has 1 heteroatoms. The molecule has 1 aliphatic rings. The van der Waals surface area contributed by atoms with Gasteiger partial charge >= 0.3 is 0 Å². The molecule has 176 valence electrons. The first-order chi connectivity index (χ1) is 14.6. The second kappa shape index (κ2) is 14.7. The van der Waals surface area contributed by atoms with Crippen molar-refractivity contribution in [3.63, 3.8) is 0 Å². The second-order valence-electron chi connectivity index (χ2n) is 10.4. The van der Waals surface area contributed by atoms with Crippen molar-refractivity contribution in [3.05, 3.63) is 58.2 Å². The first-order valence-electron chi connectivity index (χ1n) is 12.5. The van der Waals surface area contributed by atoms with Crippen molar-refractivity contribution in [2.75, 3.05) is 0 Å². The summed E-state index contributed by atoms with van der Waals surface area (Å²) in [6.07, 6.45) is 24.1. The van der Waals surface area contributed by atoms with E-state index in [0.717, 1.165) is 25.7 Å². The number of ether oxygens (including phenoxy) is 1. The summed E-state index contributed by atoms with van der Waals surface area (Å²) < 4.78 is 6.01. The molecule has 0 radical (unpaired) electrons. The zero-order chi connectivity index (χ0) is 23.3. The molecule has 1 rings (SSSR count). The highest BCUT2D eigenvalue weighted by atomic mass is 16.6. The highest BCUT2D eigenvalue weighted by molar-refractivity contribution is 5.08. The van der Waals surface area contributed by atoms with Gasteiger partial charge in [-0.3, -0.25) is 0 Å². The van der Waals surface area contributed by atoms with E-state index in [1.54, 1.807) is 0 Å². The van der Waals surface area contributed by atoms with Crippen LogP contribution in [0.15, 0.2) is 58.2 Å². The van der Waals surface area contributed by atoms with Gasteiger partial charge in [0.05, 0.1) is 11.7 Å². The van der Waals surface area contributed by atoms with Crippen molar-refractivity contribution < 1.29 is 4.74 Å². The number of rotatable bonds is 15. The summed E-state index contributed by atoms with van der Waals surface area (Å²) in [4.78, 5) is 0. The minimum absolute atomic E-state index is 0.129. The van der Waals surface area contributed by atoms with Crippen LogP contribution < -0.4 is 0 Å². The van der Waals surface area contributed by atoms with Crippen LogP contribution in [0, 0.1) is 0 Å². The van der Waals surface area contributed by atoms with Crippen LogP contribution in [0.4, 0.5) is 0 Å². The summed E-state index contributed by atoms with van der Waals surface area (Å²) in [6.45, 7) is 17.8. The Morgan fingerprint density at radius 3 is 1.61 bits per heavy atom. The fraction of sp³-hybridized carbons (Fsp3) is 0.667. The minimum atomic E-state index is 0.129. The third kappa shape index (κ3) is 13.6. The van der Waals surface area contributed by atoms with E-state index in [1.165, 1.54) is 66.4 Å². The molecule has 0 aliphatic carbocycles. The lowest BCUT2D eigenvalue weighted by Gasteiger charge is -2.05. The highest BCUT2D eigenvalue weighted by Gasteiger charge is 2.50. The van der Waals surface area contributed by atoms with Crippen molar-refractivity contribution in [1.29, 1.82) is 0 Å². The van der Waals surface area contributed by atoms with Crippen LogP contribution in [0.5, 0.6) is 0 Å². The number of allylic oxidation sites excluding steroid dienone is 10. The van der Waals surface area contributed by atoms with Gasteiger partial charge in [-0.2, -0.15) is 0 Å². The molecule has 0 saturated carbocycles. The third-order valence-electron chi connectivity index (χ3n) is 6.30. The third-order valence-corrected chi connectivity index (χ3v) is 6.30. The van der Waals surface area contributed by atoms with Gasteiger partial charge in [0, 0.05) is 0 Å². The fourth-order valence-corrected chi connectivity index (χ4v) is 3.98. The molecule has 1 nitrogen and oxygen atoms in total. The van der Waals surface area contributed by atoms with Crippen LogP contribution in [0.2, 0.25) is 0 Å². The lowest BCUT2D eigenvalue weighted by Crippen LogP contribution is -2.09. The summed E-state index contributed by atoms with van der Waals surface area (Å²) in [7, 11) is 0. The quantitative estimate of drug-likeness (QED) is 0.144. The predicted molar refractivity (Wildman–Crippen MR) is 140 cm³/mol. The first-order valence-corrected chi connectivity index (χ1v) is 12.5. The Kier molecular flexibility index (Phi) is 13.1. The van der Waals surface area contributed by atoms with E-state index in [-0.39, 0.29) is 5.60 Å². The van der Waals surface area contributed by atoms with E-state index in [9.17, 15) is 0 Å². The molecule has 0 aromatic heterocycles. The van der Waals surface area contributed by atoms with Gasteiger partial charge in [-0.15, -0.1) is 0 Å². The molecule has 2 atom stereocenters. The number of epoxide rings is 1. The molecule has 0 aromatic carbocycles. The van der Waals surface area contributed by atoms with Crippen molar-refractivity contribution in [1.82, 2.24) is 0 Å². The van der Waals surface area contributed by atoms with Crippen molar-refractivity contribution in [3.8, 4) is 0 Å². The lowest BCUT2D eigenvalue weighted by molar-refractivity contribution is 0.295. The maximum atomic E-state index is 6.01. The van der Waals surface area contributed by atoms with Crippen LogP contribution in [0.1, 0.15) is 120 Å². The second-order valence-corrected chi connectivity index (χ2v) is 10.4. The van der Waals surface area contributed by atoms with E-state index in [2.05, 4.69) is 85.8 Å². The Morgan fingerprint density at radius 2 is 1.06 bits per heavy atom. The van der Waals surface area contributed by atoms with E-state index < -0.39 is 0 Å². The molecule has 0 unspecified atom stereocenters. The molecule has 0 aromatic rings. The number of hydrogen-bond acceptors (Lipinski definition) is 1. The normalized spacial score (nSPS) is 21.8. The van der Waals surface area contributed by atoms with Gasteiger partial charge in [0.2, 0.25) is 0 Å². The van der Waals surface area contributed by atoms with Crippen LogP contribution in [0.3, 0.4) is 0 Å². The van der Waals surface area contributed by atoms with E-state index in [1.807, 2.05) is 0 Å². The van der Waals surface area contributed by atoms with Crippen LogP contribution in [0.25, 0.3) is 0 Å². The molecule has 1 saturated heterocycles. The summed E-state index contributed by atoms with van der Waals surface area (Å²) in [5.41, 5.74) is 7.53. The molecule has 31 heavy (non-hydrogen) atoms. The average molecular weight is 427 g/mol. The minimum Gasteiger partial charge on any atom is -0.366 e. The first kappa shape index (κ1) is 27.7. The maximum Gasteiger partial charge on any atom is 0.0923 e. The summed E-state index contributed by atoms with van der Waals surface area (Å²) in [6, 6.07) is 0. The number of hydrogen-bond donors (Lipinski definition) is 0. The van der Waals surface area contributed by atoms with Gasteiger partial charge in [0.25, 0.3) is 0 Å². The molecule has 1 heterocycles. The largest absolute Gasteiger partial charge is 0.366 e. The van der Waals surface area contributed by atoms with Gasteiger partial charge in [0.15, 0.2) is 0 Å². The van der Waals surface area contributed by atoms with Crippen molar-refractivity contribution >= 4 is 0 Å². The van der Waals surface area contributed by atoms with Gasteiger partial charge < -0.3 is 4.74 Å². The Bertz CT molecular complexity index is 677. The molecule has 0 bridgehead atoms. The Morgan fingerprint density at radius 1 is 0.613 bits per heavy atom. The topological polar surface area (TPSA) is 12.5 Å². The molecule has 1 fully saturated rings. The fourth-order valence-electron chi connectivity index (χ4n) is 3.98. The van der Waals surface area contributed by atoms with Crippen LogP contribution in [-0.2, 0) is 4.74 Å². The number of unbranched alkanes of at least 4 members (excludes halogenated alkanes) is 1. The summed E-state index contributed by atoms with van der Waals surface area (Å²) >= 11 is 0. The Labute approximate surface area is 194 Å². The summed E-state index contributed by atoms with van der Waals surface area (Å²) in [5, 5.41) is 0. The average Bonchev–Trinajstić information content (AvgIpc) is 3.32. The van der Waals surface area contributed by atoms with Crippen LogP contribution in [-0.4, -0.2) is 11.7 Å². The zero-order valence-electron chi connectivity index (χ0n) is 21.9. The molecular weight excluding hydrogens is 376 g/mol. The van der Waals surface area contributed by atoms with Gasteiger partial charge in [-0.25, -0.2) is 0 Å². The highest BCUT2D eigenvalue weighted by Crippen LogP contribution is 2.43. The maximum absolute atomic E-state index is 6.01. The van der Waals surface area contributed by atoms with Crippen LogP contribution >= 0.6 is 0 Å². The van der Waals surface area contributed by atoms with E-state index >= 15 is 0 Å². The smallest absolute Gasteiger partial charge is 0.0923 e. The standard InChI is InChI=1S/C30H50O/c1-24(2)14-11-18-27(6)20-12-19-26(5)16-9-10-17-28(7)21-22-29-30(8,31-29)23-13-15-25(3)4/h14-17,20,29H,9-13,18-19,21-23H2,1-8H3/b26-16+,27-20+,28-17+/t29-,30+/m1/s1. The predicted octanol–water partition coefficient (Wildman–Crippen LogP) is 9.82. The SMILES string of the molecule is CC(C)=CCC/C(C)=C/CC/C(C)=C/CC/C=C(\C)CC[C@H]1O[C@@]1(C)CCC=C(C)C. The Hall–Kier alpha value is -1.34. The molecule has 0 N–H and O–H groups in total. The summed E-state index contributed by atoms with van der Waals surface area (Å²) in [5.74, 6) is 0.